The molecule has 0 amide bonds. The number of carbonyl (C=O) groups excluding carboxylic acids is 1. The summed E-state index contributed by atoms with van der Waals surface area (Å²) in [6, 6.07) is 8.14. The number of Topliss-reactive ketones (excluding diaryl/α,β-unsaturated/α-hetero) is 1. The predicted molar refractivity (Wildman–Crippen MR) is 58.7 cm³/mol. The molecular weight excluding hydrogens is 174 g/mol. The molecule has 0 aliphatic heterocycles. The number of benzene rings is 1. The van der Waals surface area contributed by atoms with Crippen molar-refractivity contribution >= 4 is 12.0 Å². The first kappa shape index (κ1) is 10.6. The number of hydrogen-bond acceptors (Lipinski definition) is 2. The Labute approximate surface area is 84.7 Å². The molecule has 2 heteroatoms. The van der Waals surface area contributed by atoms with Crippen LogP contribution in [0.4, 0.5) is 0 Å². The molecule has 0 aromatic heterocycles. The first-order valence-corrected chi connectivity index (χ1v) is 4.72. The van der Waals surface area contributed by atoms with Gasteiger partial charge < -0.3 is 0 Å². The standard InChI is InChI=1S/C12H15NO/c1-10-5-3-4-6-12(10)9-13-8-7-11(2)14/h3-6,8H,7,9H2,1-2H3. The third-order valence-corrected chi connectivity index (χ3v) is 2.03. The lowest BCUT2D eigenvalue weighted by Crippen LogP contribution is -1.91. The lowest BCUT2D eigenvalue weighted by molar-refractivity contribution is -0.115. The Morgan fingerprint density at radius 2 is 2.14 bits per heavy atom. The van der Waals surface area contributed by atoms with E-state index in [1.54, 1.807) is 13.1 Å². The van der Waals surface area contributed by atoms with E-state index in [1.165, 1.54) is 11.1 Å². The van der Waals surface area contributed by atoms with Crippen LogP contribution in [0, 0.1) is 6.92 Å². The zero-order chi connectivity index (χ0) is 10.4. The Balaban J connectivity index is 2.49. The van der Waals surface area contributed by atoms with E-state index in [0.717, 1.165) is 0 Å². The molecule has 1 aromatic carbocycles. The second kappa shape index (κ2) is 5.32. The Morgan fingerprint density at radius 3 is 2.79 bits per heavy atom. The number of aliphatic imine (C=N–C) groups is 1. The second-order valence-electron chi connectivity index (χ2n) is 3.36. The van der Waals surface area contributed by atoms with Crippen LogP contribution >= 0.6 is 0 Å². The van der Waals surface area contributed by atoms with Crippen molar-refractivity contribution in [1.29, 1.82) is 0 Å². The largest absolute Gasteiger partial charge is 0.300 e. The van der Waals surface area contributed by atoms with E-state index in [2.05, 4.69) is 24.0 Å². The zero-order valence-corrected chi connectivity index (χ0v) is 8.66. The van der Waals surface area contributed by atoms with E-state index < -0.39 is 0 Å². The van der Waals surface area contributed by atoms with Crippen LogP contribution in [0.15, 0.2) is 29.3 Å². The molecule has 0 heterocycles. The summed E-state index contributed by atoms with van der Waals surface area (Å²) in [5.74, 6) is 0.151. The molecule has 0 atom stereocenters. The summed E-state index contributed by atoms with van der Waals surface area (Å²) in [4.78, 5) is 14.8. The SMILES string of the molecule is CC(=O)CC=NCc1ccccc1C. The summed E-state index contributed by atoms with van der Waals surface area (Å²) >= 11 is 0. The number of rotatable bonds is 4. The number of carbonyl (C=O) groups is 1. The van der Waals surface area contributed by atoms with Crippen molar-refractivity contribution in [3.63, 3.8) is 0 Å². The highest BCUT2D eigenvalue weighted by molar-refractivity contribution is 5.89. The highest BCUT2D eigenvalue weighted by Gasteiger charge is 1.93. The van der Waals surface area contributed by atoms with E-state index in [-0.39, 0.29) is 5.78 Å². The van der Waals surface area contributed by atoms with Gasteiger partial charge in [-0.2, -0.15) is 0 Å². The molecule has 0 saturated heterocycles. The van der Waals surface area contributed by atoms with Crippen molar-refractivity contribution in [2.75, 3.05) is 0 Å². The van der Waals surface area contributed by atoms with E-state index in [9.17, 15) is 4.79 Å². The van der Waals surface area contributed by atoms with Gasteiger partial charge in [0.05, 0.1) is 6.54 Å². The van der Waals surface area contributed by atoms with Gasteiger partial charge in [-0.15, -0.1) is 0 Å². The van der Waals surface area contributed by atoms with E-state index in [4.69, 9.17) is 0 Å². The van der Waals surface area contributed by atoms with E-state index in [0.29, 0.717) is 13.0 Å². The molecule has 0 bridgehead atoms. The van der Waals surface area contributed by atoms with E-state index >= 15 is 0 Å². The smallest absolute Gasteiger partial charge is 0.135 e. The monoisotopic (exact) mass is 189 g/mol. The Kier molecular flexibility index (Phi) is 4.05. The fraction of sp³-hybridized carbons (Fsp3) is 0.333. The minimum Gasteiger partial charge on any atom is -0.300 e. The number of nitrogens with zero attached hydrogens (tertiary/aromatic N) is 1. The Bertz CT molecular complexity index is 342. The molecule has 0 fully saturated rings. The minimum absolute atomic E-state index is 0.151. The maximum atomic E-state index is 10.6. The number of aryl methyl sites for hydroxylation is 1. The van der Waals surface area contributed by atoms with Crippen molar-refractivity contribution in [3.05, 3.63) is 35.4 Å². The summed E-state index contributed by atoms with van der Waals surface area (Å²) in [5, 5.41) is 0. The molecule has 0 spiro atoms. The summed E-state index contributed by atoms with van der Waals surface area (Å²) in [5.41, 5.74) is 2.46. The molecule has 1 rings (SSSR count). The van der Waals surface area contributed by atoms with Gasteiger partial charge in [-0.25, -0.2) is 0 Å². The molecule has 0 N–H and O–H groups in total. The topological polar surface area (TPSA) is 29.4 Å². The van der Waals surface area contributed by atoms with Crippen LogP contribution in [-0.4, -0.2) is 12.0 Å². The van der Waals surface area contributed by atoms with Crippen molar-refractivity contribution in [2.24, 2.45) is 4.99 Å². The number of hydrogen-bond donors (Lipinski definition) is 0. The molecule has 0 aliphatic carbocycles. The molecular formula is C12H15NO. The van der Waals surface area contributed by atoms with Gasteiger partial charge in [0.2, 0.25) is 0 Å². The average molecular weight is 189 g/mol. The van der Waals surface area contributed by atoms with Crippen LogP contribution < -0.4 is 0 Å². The number of ketones is 1. The maximum absolute atomic E-state index is 10.6. The fourth-order valence-corrected chi connectivity index (χ4v) is 1.14. The molecule has 0 saturated carbocycles. The molecule has 14 heavy (non-hydrogen) atoms. The van der Waals surface area contributed by atoms with Crippen LogP contribution in [0.2, 0.25) is 0 Å². The van der Waals surface area contributed by atoms with Gasteiger partial charge in [-0.1, -0.05) is 24.3 Å². The third kappa shape index (κ3) is 3.52. The van der Waals surface area contributed by atoms with Crippen LogP contribution in [0.3, 0.4) is 0 Å². The van der Waals surface area contributed by atoms with Crippen LogP contribution in [-0.2, 0) is 11.3 Å². The van der Waals surface area contributed by atoms with Crippen molar-refractivity contribution in [2.45, 2.75) is 26.8 Å². The average Bonchev–Trinajstić information content (AvgIpc) is 2.15. The maximum Gasteiger partial charge on any atom is 0.135 e. The normalized spacial score (nSPS) is 10.7. The second-order valence-corrected chi connectivity index (χ2v) is 3.36. The van der Waals surface area contributed by atoms with Gasteiger partial charge in [0.15, 0.2) is 0 Å². The molecule has 1 aromatic rings. The molecule has 74 valence electrons. The highest BCUT2D eigenvalue weighted by atomic mass is 16.1. The van der Waals surface area contributed by atoms with Crippen molar-refractivity contribution < 1.29 is 4.79 Å². The lowest BCUT2D eigenvalue weighted by Gasteiger charge is -2.00. The van der Waals surface area contributed by atoms with Crippen LogP contribution in [0.25, 0.3) is 0 Å². The van der Waals surface area contributed by atoms with Crippen molar-refractivity contribution in [1.82, 2.24) is 0 Å². The quantitative estimate of drug-likeness (QED) is 0.669. The predicted octanol–water partition coefficient (Wildman–Crippen LogP) is 2.54. The summed E-state index contributed by atoms with van der Waals surface area (Å²) in [7, 11) is 0. The molecule has 0 unspecified atom stereocenters. The van der Waals surface area contributed by atoms with E-state index in [1.807, 2.05) is 12.1 Å². The Hall–Kier alpha value is -1.44. The first-order chi connectivity index (χ1) is 6.70. The van der Waals surface area contributed by atoms with Gasteiger partial charge in [0.25, 0.3) is 0 Å². The summed E-state index contributed by atoms with van der Waals surface area (Å²) < 4.78 is 0. The van der Waals surface area contributed by atoms with Crippen molar-refractivity contribution in [3.8, 4) is 0 Å². The van der Waals surface area contributed by atoms with Gasteiger partial charge in [-0.05, 0) is 25.0 Å². The summed E-state index contributed by atoms with van der Waals surface area (Å²) in [6.07, 6.45) is 2.13. The fourth-order valence-electron chi connectivity index (χ4n) is 1.14. The first-order valence-electron chi connectivity index (χ1n) is 4.72. The van der Waals surface area contributed by atoms with Gasteiger partial charge >= 0.3 is 0 Å². The third-order valence-electron chi connectivity index (χ3n) is 2.03. The summed E-state index contributed by atoms with van der Waals surface area (Å²) in [6.45, 7) is 4.30. The Morgan fingerprint density at radius 1 is 1.43 bits per heavy atom. The van der Waals surface area contributed by atoms with Gasteiger partial charge in [0.1, 0.15) is 5.78 Å². The van der Waals surface area contributed by atoms with Crippen LogP contribution in [0.1, 0.15) is 24.5 Å². The molecule has 0 aliphatic rings. The highest BCUT2D eigenvalue weighted by Crippen LogP contribution is 2.07. The molecule has 0 radical (unpaired) electrons. The van der Waals surface area contributed by atoms with Gasteiger partial charge in [0, 0.05) is 12.6 Å². The zero-order valence-electron chi connectivity index (χ0n) is 8.66. The minimum atomic E-state index is 0.151. The van der Waals surface area contributed by atoms with Gasteiger partial charge in [-0.3, -0.25) is 9.79 Å². The molecule has 2 nitrogen and oxygen atoms in total. The van der Waals surface area contributed by atoms with Crippen LogP contribution in [0.5, 0.6) is 0 Å². The lowest BCUT2D eigenvalue weighted by atomic mass is 10.1.